The van der Waals surface area contributed by atoms with Gasteiger partial charge in [-0.1, -0.05) is 35.6 Å². The predicted octanol–water partition coefficient (Wildman–Crippen LogP) is 5.46. The van der Waals surface area contributed by atoms with Gasteiger partial charge in [-0.2, -0.15) is 13.2 Å². The van der Waals surface area contributed by atoms with Crippen LogP contribution < -0.4 is 5.63 Å². The molecule has 0 saturated carbocycles. The van der Waals surface area contributed by atoms with Crippen molar-refractivity contribution in [3.63, 3.8) is 0 Å². The first kappa shape index (κ1) is 21.5. The maximum atomic E-state index is 13.6. The fourth-order valence-electron chi connectivity index (χ4n) is 3.53. The summed E-state index contributed by atoms with van der Waals surface area (Å²) in [6, 6.07) is 12.2. The third-order valence-corrected chi connectivity index (χ3v) is 5.00. The zero-order chi connectivity index (χ0) is 22.9. The highest BCUT2D eigenvalue weighted by atomic mass is 19.4. The molecule has 2 heterocycles. The minimum Gasteiger partial charge on any atom is -0.423 e. The number of hydrogen-bond acceptors (Lipinski definition) is 4. The lowest BCUT2D eigenvalue weighted by atomic mass is 10.0. The van der Waals surface area contributed by atoms with Crippen LogP contribution in [0.5, 0.6) is 0 Å². The van der Waals surface area contributed by atoms with E-state index >= 15 is 0 Å². The van der Waals surface area contributed by atoms with Crippen LogP contribution in [0, 0.1) is 5.82 Å². The molecular formula is C23H17F4N3O2. The number of allylic oxidation sites excluding steroid dienone is 1. The van der Waals surface area contributed by atoms with Gasteiger partial charge in [-0.3, -0.25) is 0 Å². The SMILES string of the molecule is C=CCC(c1cn(Cc2ccc3c(-c4cccc(F)c4)cc(=O)oc3c2)nn1)C(F)(F)F. The molecule has 0 saturated heterocycles. The van der Waals surface area contributed by atoms with Gasteiger partial charge in [0, 0.05) is 17.6 Å². The Kier molecular flexibility index (Phi) is 5.65. The molecule has 4 rings (SSSR count). The van der Waals surface area contributed by atoms with E-state index in [0.29, 0.717) is 22.1 Å². The van der Waals surface area contributed by atoms with Crippen molar-refractivity contribution in [2.75, 3.05) is 0 Å². The number of nitrogens with zero attached hydrogens (tertiary/aromatic N) is 3. The number of halogens is 4. The van der Waals surface area contributed by atoms with Gasteiger partial charge < -0.3 is 4.42 Å². The first-order valence-corrected chi connectivity index (χ1v) is 9.65. The molecule has 1 unspecified atom stereocenters. The first-order chi connectivity index (χ1) is 15.2. The summed E-state index contributed by atoms with van der Waals surface area (Å²) in [6.45, 7) is 3.49. The van der Waals surface area contributed by atoms with E-state index < -0.39 is 23.5 Å². The third kappa shape index (κ3) is 4.46. The number of hydrogen-bond donors (Lipinski definition) is 0. The zero-order valence-electron chi connectivity index (χ0n) is 16.6. The summed E-state index contributed by atoms with van der Waals surface area (Å²) in [5, 5.41) is 8.07. The second kappa shape index (κ2) is 8.41. The second-order valence-electron chi connectivity index (χ2n) is 7.28. The molecule has 1 atom stereocenters. The molecule has 0 fully saturated rings. The van der Waals surface area contributed by atoms with E-state index in [1.807, 2.05) is 0 Å². The van der Waals surface area contributed by atoms with Crippen LogP contribution in [0.4, 0.5) is 17.6 Å². The van der Waals surface area contributed by atoms with E-state index in [0.717, 1.165) is 0 Å². The van der Waals surface area contributed by atoms with E-state index in [1.54, 1.807) is 30.3 Å². The third-order valence-electron chi connectivity index (χ3n) is 5.00. The lowest BCUT2D eigenvalue weighted by Gasteiger charge is -2.15. The van der Waals surface area contributed by atoms with E-state index in [-0.39, 0.29) is 24.2 Å². The van der Waals surface area contributed by atoms with Gasteiger partial charge >= 0.3 is 11.8 Å². The van der Waals surface area contributed by atoms with Crippen LogP contribution in [-0.4, -0.2) is 21.2 Å². The maximum Gasteiger partial charge on any atom is 0.397 e. The smallest absolute Gasteiger partial charge is 0.397 e. The highest BCUT2D eigenvalue weighted by molar-refractivity contribution is 5.93. The molecule has 32 heavy (non-hydrogen) atoms. The number of rotatable bonds is 6. The highest BCUT2D eigenvalue weighted by Gasteiger charge is 2.41. The molecule has 0 spiro atoms. The summed E-state index contributed by atoms with van der Waals surface area (Å²) in [7, 11) is 0. The summed E-state index contributed by atoms with van der Waals surface area (Å²) >= 11 is 0. The van der Waals surface area contributed by atoms with Gasteiger partial charge in [0.15, 0.2) is 0 Å². The van der Waals surface area contributed by atoms with Crippen LogP contribution in [-0.2, 0) is 6.54 Å². The van der Waals surface area contributed by atoms with E-state index in [1.165, 1.54) is 35.2 Å². The molecule has 9 heteroatoms. The summed E-state index contributed by atoms with van der Waals surface area (Å²) in [5.41, 5.74) is 1.16. The fourth-order valence-corrected chi connectivity index (χ4v) is 3.53. The van der Waals surface area contributed by atoms with Gasteiger partial charge in [-0.15, -0.1) is 11.7 Å². The molecule has 0 N–H and O–H groups in total. The minimum atomic E-state index is -4.46. The maximum absolute atomic E-state index is 13.6. The van der Waals surface area contributed by atoms with Crippen molar-refractivity contribution in [3.8, 4) is 11.1 Å². The monoisotopic (exact) mass is 443 g/mol. The van der Waals surface area contributed by atoms with E-state index in [2.05, 4.69) is 16.9 Å². The Balaban J connectivity index is 1.67. The summed E-state index contributed by atoms with van der Waals surface area (Å²) in [5.74, 6) is -2.21. The minimum absolute atomic E-state index is 0.121. The Labute approximate surface area is 179 Å². The van der Waals surface area contributed by atoms with Gasteiger partial charge in [-0.25, -0.2) is 13.9 Å². The van der Waals surface area contributed by atoms with Gasteiger partial charge in [0.25, 0.3) is 0 Å². The van der Waals surface area contributed by atoms with Gasteiger partial charge in [0.05, 0.1) is 12.2 Å². The Morgan fingerprint density at radius 1 is 1.16 bits per heavy atom. The Morgan fingerprint density at radius 2 is 1.97 bits per heavy atom. The van der Waals surface area contributed by atoms with Crippen LogP contribution >= 0.6 is 0 Å². The van der Waals surface area contributed by atoms with Crippen molar-refractivity contribution in [1.82, 2.24) is 15.0 Å². The predicted molar refractivity (Wildman–Crippen MR) is 111 cm³/mol. The van der Waals surface area contributed by atoms with Crippen LogP contribution in [0.1, 0.15) is 23.6 Å². The van der Waals surface area contributed by atoms with Crippen molar-refractivity contribution in [2.45, 2.75) is 25.1 Å². The summed E-state index contributed by atoms with van der Waals surface area (Å²) in [4.78, 5) is 12.1. The van der Waals surface area contributed by atoms with Gasteiger partial charge in [0.1, 0.15) is 17.3 Å². The van der Waals surface area contributed by atoms with Crippen LogP contribution in [0.3, 0.4) is 0 Å². The fraction of sp³-hybridized carbons (Fsp3) is 0.174. The van der Waals surface area contributed by atoms with E-state index in [4.69, 9.17) is 4.42 Å². The lowest BCUT2D eigenvalue weighted by molar-refractivity contribution is -0.150. The first-order valence-electron chi connectivity index (χ1n) is 9.65. The molecule has 0 bridgehead atoms. The largest absolute Gasteiger partial charge is 0.423 e. The van der Waals surface area contributed by atoms with Crippen molar-refractivity contribution in [1.29, 1.82) is 0 Å². The van der Waals surface area contributed by atoms with E-state index in [9.17, 15) is 22.4 Å². The second-order valence-corrected chi connectivity index (χ2v) is 7.28. The van der Waals surface area contributed by atoms with Crippen LogP contribution in [0.2, 0.25) is 0 Å². The molecule has 2 aromatic heterocycles. The van der Waals surface area contributed by atoms with Crippen molar-refractivity contribution in [2.24, 2.45) is 0 Å². The lowest BCUT2D eigenvalue weighted by Crippen LogP contribution is -2.20. The van der Waals surface area contributed by atoms with Gasteiger partial charge in [0.2, 0.25) is 0 Å². The Morgan fingerprint density at radius 3 is 2.69 bits per heavy atom. The standard InChI is InChI=1S/C23H17F4N3O2/c1-2-4-19(23(25,26)27)20-13-30(29-28-20)12-14-7-8-17-18(11-22(31)32-21(17)9-14)15-5-3-6-16(24)10-15/h2-3,5-11,13,19H,1,4,12H2. The molecule has 5 nitrogen and oxygen atoms in total. The number of alkyl halides is 3. The molecule has 0 aliphatic heterocycles. The average Bonchev–Trinajstić information content (AvgIpc) is 3.18. The van der Waals surface area contributed by atoms with Gasteiger partial charge in [-0.05, 0) is 41.3 Å². The normalized spacial score (nSPS) is 12.8. The number of aromatic nitrogens is 3. The average molecular weight is 443 g/mol. The Hall–Kier alpha value is -3.75. The molecule has 2 aromatic carbocycles. The molecule has 0 radical (unpaired) electrons. The molecule has 164 valence electrons. The summed E-state index contributed by atoms with van der Waals surface area (Å²) < 4.78 is 60.0. The Bertz CT molecular complexity index is 1340. The molecule has 0 amide bonds. The topological polar surface area (TPSA) is 60.9 Å². The molecule has 4 aromatic rings. The van der Waals surface area contributed by atoms with Crippen LogP contribution in [0.15, 0.2) is 76.6 Å². The molecule has 0 aliphatic rings. The highest BCUT2D eigenvalue weighted by Crippen LogP contribution is 2.36. The zero-order valence-corrected chi connectivity index (χ0v) is 16.6. The number of fused-ring (bicyclic) bond motifs is 1. The molecular weight excluding hydrogens is 426 g/mol. The van der Waals surface area contributed by atoms with Crippen molar-refractivity contribution < 1.29 is 22.0 Å². The van der Waals surface area contributed by atoms with Crippen LogP contribution in [0.25, 0.3) is 22.1 Å². The summed E-state index contributed by atoms with van der Waals surface area (Å²) in [6.07, 6.45) is -2.33. The van der Waals surface area contributed by atoms with Crippen molar-refractivity contribution in [3.05, 3.63) is 94.9 Å². The number of benzene rings is 2. The van der Waals surface area contributed by atoms with Crippen molar-refractivity contribution >= 4 is 11.0 Å². The quantitative estimate of drug-likeness (QED) is 0.226. The molecule has 0 aliphatic carbocycles.